The molecular weight excluding hydrogens is 312 g/mol. The number of nitrogens with one attached hydrogen (secondary N) is 1. The molecule has 2 aromatic heterocycles. The fraction of sp³-hybridized carbons (Fsp3) is 0.0500. The topological polar surface area (TPSA) is 59.8 Å². The van der Waals surface area contributed by atoms with E-state index in [1.54, 1.807) is 23.0 Å². The van der Waals surface area contributed by atoms with Crippen LogP contribution in [0.4, 0.5) is 5.82 Å². The highest BCUT2D eigenvalue weighted by atomic mass is 16.2. The predicted molar refractivity (Wildman–Crippen MR) is 97.5 cm³/mol. The first-order valence-electron chi connectivity index (χ1n) is 8.02. The fourth-order valence-electron chi connectivity index (χ4n) is 2.69. The van der Waals surface area contributed by atoms with E-state index in [-0.39, 0.29) is 5.91 Å². The first kappa shape index (κ1) is 15.1. The number of amides is 1. The van der Waals surface area contributed by atoms with Crippen molar-refractivity contribution in [2.45, 2.75) is 6.54 Å². The van der Waals surface area contributed by atoms with Crippen LogP contribution in [-0.4, -0.2) is 20.7 Å². The molecule has 0 aliphatic rings. The van der Waals surface area contributed by atoms with Crippen LogP contribution >= 0.6 is 0 Å². The molecule has 0 unspecified atom stereocenters. The molecule has 25 heavy (non-hydrogen) atoms. The van der Waals surface area contributed by atoms with E-state index in [0.717, 1.165) is 16.5 Å². The van der Waals surface area contributed by atoms with Gasteiger partial charge < -0.3 is 5.32 Å². The fourth-order valence-corrected chi connectivity index (χ4v) is 2.69. The Morgan fingerprint density at radius 3 is 2.60 bits per heavy atom. The van der Waals surface area contributed by atoms with Crippen LogP contribution in [0.5, 0.6) is 0 Å². The molecule has 4 aromatic rings. The van der Waals surface area contributed by atoms with E-state index in [2.05, 4.69) is 15.4 Å². The molecular formula is C20H16N4O. The highest BCUT2D eigenvalue weighted by Crippen LogP contribution is 2.14. The van der Waals surface area contributed by atoms with Crippen LogP contribution < -0.4 is 5.32 Å². The number of carbonyl (C=O) groups excluding carboxylic acids is 1. The molecule has 0 aliphatic heterocycles. The lowest BCUT2D eigenvalue weighted by molar-refractivity contribution is 0.102. The second-order valence-corrected chi connectivity index (χ2v) is 5.70. The van der Waals surface area contributed by atoms with Gasteiger partial charge >= 0.3 is 0 Å². The summed E-state index contributed by atoms with van der Waals surface area (Å²) in [6, 6.07) is 23.1. The van der Waals surface area contributed by atoms with Crippen LogP contribution in [-0.2, 0) is 6.54 Å². The van der Waals surface area contributed by atoms with Crippen LogP contribution in [0, 0.1) is 0 Å². The second kappa shape index (κ2) is 6.57. The molecule has 2 heterocycles. The van der Waals surface area contributed by atoms with Gasteiger partial charge in [-0.2, -0.15) is 5.10 Å². The summed E-state index contributed by atoms with van der Waals surface area (Å²) in [4.78, 5) is 17.0. The molecule has 0 spiro atoms. The van der Waals surface area contributed by atoms with Crippen LogP contribution in [0.25, 0.3) is 10.9 Å². The third-order valence-electron chi connectivity index (χ3n) is 3.96. The van der Waals surface area contributed by atoms with Crippen molar-refractivity contribution < 1.29 is 4.79 Å². The number of nitrogens with zero attached hydrogens (tertiary/aromatic N) is 3. The minimum absolute atomic E-state index is 0.249. The predicted octanol–water partition coefficient (Wildman–Crippen LogP) is 3.73. The van der Waals surface area contributed by atoms with Gasteiger partial charge in [0.05, 0.1) is 18.3 Å². The Hall–Kier alpha value is -3.47. The number of hydrogen-bond acceptors (Lipinski definition) is 3. The molecule has 1 amide bonds. The van der Waals surface area contributed by atoms with Gasteiger partial charge in [-0.25, -0.2) is 9.67 Å². The van der Waals surface area contributed by atoms with Gasteiger partial charge in [0.1, 0.15) is 11.5 Å². The number of benzene rings is 2. The van der Waals surface area contributed by atoms with Gasteiger partial charge in [0, 0.05) is 11.5 Å². The van der Waals surface area contributed by atoms with Crippen molar-refractivity contribution in [2.75, 3.05) is 5.32 Å². The first-order valence-corrected chi connectivity index (χ1v) is 8.02. The van der Waals surface area contributed by atoms with Crippen molar-refractivity contribution in [1.82, 2.24) is 14.8 Å². The van der Waals surface area contributed by atoms with Gasteiger partial charge in [0.15, 0.2) is 0 Å². The number of pyridine rings is 1. The number of para-hydroxylation sites is 1. The van der Waals surface area contributed by atoms with Crippen molar-refractivity contribution in [3.63, 3.8) is 0 Å². The average Bonchev–Trinajstić information content (AvgIpc) is 3.08. The van der Waals surface area contributed by atoms with Gasteiger partial charge in [-0.3, -0.25) is 4.79 Å². The van der Waals surface area contributed by atoms with Gasteiger partial charge in [-0.15, -0.1) is 0 Å². The summed E-state index contributed by atoms with van der Waals surface area (Å²) in [6.07, 6.45) is 1.67. The molecule has 0 saturated heterocycles. The summed E-state index contributed by atoms with van der Waals surface area (Å²) in [6.45, 7) is 0.592. The summed E-state index contributed by atoms with van der Waals surface area (Å²) in [5.74, 6) is 0.393. The normalized spacial score (nSPS) is 10.7. The zero-order valence-corrected chi connectivity index (χ0v) is 13.5. The zero-order valence-electron chi connectivity index (χ0n) is 13.5. The Bertz CT molecular complexity index is 1020. The molecule has 0 fully saturated rings. The molecule has 0 aliphatic carbocycles. The Morgan fingerprint density at radius 1 is 0.920 bits per heavy atom. The van der Waals surface area contributed by atoms with Crippen molar-refractivity contribution in [3.05, 3.63) is 90.3 Å². The van der Waals surface area contributed by atoms with E-state index < -0.39 is 0 Å². The summed E-state index contributed by atoms with van der Waals surface area (Å²) in [7, 11) is 0. The number of anilines is 1. The Balaban J connectivity index is 1.55. The average molecular weight is 328 g/mol. The molecule has 1 N–H and O–H groups in total. The van der Waals surface area contributed by atoms with Crippen LogP contribution in [0.15, 0.2) is 79.0 Å². The summed E-state index contributed by atoms with van der Waals surface area (Å²) in [5, 5.41) is 8.19. The number of rotatable bonds is 4. The number of carbonyl (C=O) groups is 1. The minimum atomic E-state index is -0.249. The van der Waals surface area contributed by atoms with Crippen molar-refractivity contribution in [3.8, 4) is 0 Å². The Morgan fingerprint density at radius 2 is 1.72 bits per heavy atom. The van der Waals surface area contributed by atoms with E-state index in [1.807, 2.05) is 60.7 Å². The quantitative estimate of drug-likeness (QED) is 0.621. The SMILES string of the molecule is O=C(Nc1ccnn1Cc1ccccc1)c1ccc2ccccc2n1. The molecule has 5 nitrogen and oxygen atoms in total. The van der Waals surface area contributed by atoms with E-state index in [9.17, 15) is 4.79 Å². The van der Waals surface area contributed by atoms with Crippen LogP contribution in [0.1, 0.15) is 16.1 Å². The van der Waals surface area contributed by atoms with Crippen LogP contribution in [0.3, 0.4) is 0 Å². The van der Waals surface area contributed by atoms with Gasteiger partial charge in [0.25, 0.3) is 5.91 Å². The first-order chi connectivity index (χ1) is 12.3. The standard InChI is InChI=1S/C20H16N4O/c25-20(18-11-10-16-8-4-5-9-17(16)22-18)23-19-12-13-21-24(19)14-15-6-2-1-3-7-15/h1-13H,14H2,(H,23,25). The van der Waals surface area contributed by atoms with Gasteiger partial charge in [-0.05, 0) is 17.7 Å². The number of hydrogen-bond donors (Lipinski definition) is 1. The highest BCUT2D eigenvalue weighted by Gasteiger charge is 2.11. The van der Waals surface area contributed by atoms with Crippen molar-refractivity contribution in [2.24, 2.45) is 0 Å². The van der Waals surface area contributed by atoms with Crippen molar-refractivity contribution in [1.29, 1.82) is 0 Å². The van der Waals surface area contributed by atoms with E-state index >= 15 is 0 Å². The van der Waals surface area contributed by atoms with Gasteiger partial charge in [0.2, 0.25) is 0 Å². The van der Waals surface area contributed by atoms with Crippen LogP contribution in [0.2, 0.25) is 0 Å². The monoisotopic (exact) mass is 328 g/mol. The van der Waals surface area contributed by atoms with Crippen molar-refractivity contribution >= 4 is 22.6 Å². The Kier molecular flexibility index (Phi) is 3.96. The maximum atomic E-state index is 12.5. The van der Waals surface area contributed by atoms with E-state index in [0.29, 0.717) is 18.1 Å². The maximum Gasteiger partial charge on any atom is 0.275 e. The minimum Gasteiger partial charge on any atom is -0.305 e. The molecule has 0 radical (unpaired) electrons. The molecule has 0 atom stereocenters. The smallest absolute Gasteiger partial charge is 0.275 e. The largest absolute Gasteiger partial charge is 0.305 e. The molecule has 0 bridgehead atoms. The molecule has 5 heteroatoms. The molecule has 4 rings (SSSR count). The number of aromatic nitrogens is 3. The number of fused-ring (bicyclic) bond motifs is 1. The lowest BCUT2D eigenvalue weighted by atomic mass is 10.2. The summed E-state index contributed by atoms with van der Waals surface area (Å²) < 4.78 is 1.76. The highest BCUT2D eigenvalue weighted by molar-refractivity contribution is 6.03. The Labute approximate surface area is 144 Å². The zero-order chi connectivity index (χ0) is 17.1. The molecule has 122 valence electrons. The van der Waals surface area contributed by atoms with Gasteiger partial charge in [-0.1, -0.05) is 54.6 Å². The second-order valence-electron chi connectivity index (χ2n) is 5.70. The maximum absolute atomic E-state index is 12.5. The van der Waals surface area contributed by atoms with E-state index in [4.69, 9.17) is 0 Å². The molecule has 0 saturated carbocycles. The summed E-state index contributed by atoms with van der Waals surface area (Å²) in [5.41, 5.74) is 2.30. The lowest BCUT2D eigenvalue weighted by Crippen LogP contribution is -2.17. The third-order valence-corrected chi connectivity index (χ3v) is 3.96. The molecule has 2 aromatic carbocycles. The third kappa shape index (κ3) is 3.26. The lowest BCUT2D eigenvalue weighted by Gasteiger charge is -2.09. The van der Waals surface area contributed by atoms with E-state index in [1.165, 1.54) is 0 Å². The summed E-state index contributed by atoms with van der Waals surface area (Å²) >= 11 is 0.